The van der Waals surface area contributed by atoms with Gasteiger partial charge in [-0.3, -0.25) is 4.79 Å². The third-order valence-electron chi connectivity index (χ3n) is 1.48. The van der Waals surface area contributed by atoms with Gasteiger partial charge in [-0.25, -0.2) is 0 Å². The zero-order valence-electron chi connectivity index (χ0n) is 6.46. The molecule has 0 amide bonds. The van der Waals surface area contributed by atoms with Gasteiger partial charge in [-0.15, -0.1) is 11.3 Å². The zero-order chi connectivity index (χ0) is 10.0. The number of carboxylic acids is 1. The molecule has 72 valence electrons. The maximum absolute atomic E-state index is 10.3. The molecule has 1 aromatic rings. The Morgan fingerprint density at radius 2 is 2.31 bits per heavy atom. The number of carboxylic acid groups (broad SMARTS) is 1. The molecule has 1 heterocycles. The molecule has 6 heteroatoms. The second kappa shape index (κ2) is 4.28. The molecule has 1 aromatic heterocycles. The van der Waals surface area contributed by atoms with Crippen LogP contribution in [0.2, 0.25) is 8.67 Å². The van der Waals surface area contributed by atoms with E-state index in [4.69, 9.17) is 34.0 Å². The maximum Gasteiger partial charge on any atom is 0.305 e. The fourth-order valence-electron chi connectivity index (χ4n) is 0.904. The molecule has 3 N–H and O–H groups in total. The van der Waals surface area contributed by atoms with Gasteiger partial charge in [0.25, 0.3) is 0 Å². The molecular weight excluding hydrogens is 233 g/mol. The summed E-state index contributed by atoms with van der Waals surface area (Å²) in [6.45, 7) is 0. The Bertz CT molecular complexity index is 326. The number of aliphatic carboxylic acids is 1. The highest BCUT2D eigenvalue weighted by atomic mass is 35.5. The summed E-state index contributed by atoms with van der Waals surface area (Å²) in [5.41, 5.74) is 6.19. The highest BCUT2D eigenvalue weighted by Gasteiger charge is 2.16. The van der Waals surface area contributed by atoms with Crippen molar-refractivity contribution in [2.75, 3.05) is 0 Å². The third-order valence-corrected chi connectivity index (χ3v) is 3.00. The second-order valence-corrected chi connectivity index (χ2v) is 4.77. The Morgan fingerprint density at radius 1 is 1.69 bits per heavy atom. The third kappa shape index (κ3) is 2.84. The van der Waals surface area contributed by atoms with Gasteiger partial charge in [0.2, 0.25) is 0 Å². The van der Waals surface area contributed by atoms with Crippen LogP contribution in [0.25, 0.3) is 0 Å². The van der Waals surface area contributed by atoms with Crippen molar-refractivity contribution in [3.8, 4) is 0 Å². The molecule has 1 atom stereocenters. The summed E-state index contributed by atoms with van der Waals surface area (Å²) in [4.78, 5) is 10.3. The molecule has 0 radical (unpaired) electrons. The van der Waals surface area contributed by atoms with Gasteiger partial charge in [0.1, 0.15) is 0 Å². The first-order valence-corrected chi connectivity index (χ1v) is 5.00. The van der Waals surface area contributed by atoms with Crippen LogP contribution in [0, 0.1) is 0 Å². The van der Waals surface area contributed by atoms with Crippen molar-refractivity contribution in [1.82, 2.24) is 0 Å². The number of rotatable bonds is 3. The highest BCUT2D eigenvalue weighted by molar-refractivity contribution is 7.20. The molecule has 0 aliphatic rings. The topological polar surface area (TPSA) is 63.3 Å². The van der Waals surface area contributed by atoms with E-state index in [1.807, 2.05) is 0 Å². The molecule has 0 bridgehead atoms. The van der Waals surface area contributed by atoms with Gasteiger partial charge in [-0.05, 0) is 6.07 Å². The average Bonchev–Trinajstić information content (AvgIpc) is 2.28. The molecule has 0 saturated carbocycles. The van der Waals surface area contributed by atoms with Crippen LogP contribution >= 0.6 is 34.5 Å². The van der Waals surface area contributed by atoms with E-state index in [1.54, 1.807) is 6.07 Å². The molecule has 1 rings (SSSR count). The molecule has 0 aromatic carbocycles. The van der Waals surface area contributed by atoms with Gasteiger partial charge in [-0.2, -0.15) is 0 Å². The van der Waals surface area contributed by atoms with Crippen LogP contribution in [-0.4, -0.2) is 11.1 Å². The molecule has 0 aliphatic carbocycles. The largest absolute Gasteiger partial charge is 0.481 e. The molecule has 0 aliphatic heterocycles. The summed E-state index contributed by atoms with van der Waals surface area (Å²) in [6.07, 6.45) is -0.146. The Hall–Kier alpha value is -0.290. The lowest BCUT2D eigenvalue weighted by atomic mass is 10.1. The monoisotopic (exact) mass is 239 g/mol. The number of carbonyl (C=O) groups is 1. The van der Waals surface area contributed by atoms with E-state index in [0.29, 0.717) is 14.2 Å². The SMILES string of the molecule is NC(CC(=O)O)c1cc(Cl)sc1Cl. The fraction of sp³-hybridized carbons (Fsp3) is 0.286. The average molecular weight is 240 g/mol. The number of thiophene rings is 1. The Balaban J connectivity index is 2.81. The number of hydrogen-bond acceptors (Lipinski definition) is 3. The van der Waals surface area contributed by atoms with E-state index in [1.165, 1.54) is 11.3 Å². The first-order chi connectivity index (χ1) is 6.00. The number of halogens is 2. The minimum absolute atomic E-state index is 0.146. The van der Waals surface area contributed by atoms with E-state index < -0.39 is 12.0 Å². The number of hydrogen-bond donors (Lipinski definition) is 2. The standard InChI is InChI=1S/C7H7Cl2NO2S/c8-5-1-3(7(9)13-5)4(10)2-6(11)12/h1,4H,2,10H2,(H,11,12). The van der Waals surface area contributed by atoms with Crippen molar-refractivity contribution in [3.63, 3.8) is 0 Å². The lowest BCUT2D eigenvalue weighted by Crippen LogP contribution is -2.14. The minimum atomic E-state index is -0.953. The maximum atomic E-state index is 10.3. The lowest BCUT2D eigenvalue weighted by Gasteiger charge is -2.06. The normalized spacial score (nSPS) is 12.8. The summed E-state index contributed by atoms with van der Waals surface area (Å²) < 4.78 is 0.972. The van der Waals surface area contributed by atoms with Crippen LogP contribution in [0.1, 0.15) is 18.0 Å². The first-order valence-electron chi connectivity index (χ1n) is 3.43. The van der Waals surface area contributed by atoms with Gasteiger partial charge in [0, 0.05) is 11.6 Å². The highest BCUT2D eigenvalue weighted by Crippen LogP contribution is 2.34. The summed E-state index contributed by atoms with van der Waals surface area (Å²) in [5.74, 6) is -0.953. The molecule has 3 nitrogen and oxygen atoms in total. The van der Waals surface area contributed by atoms with Crippen molar-refractivity contribution in [2.24, 2.45) is 5.73 Å². The Labute approximate surface area is 89.1 Å². The summed E-state index contributed by atoms with van der Waals surface area (Å²) in [7, 11) is 0. The van der Waals surface area contributed by atoms with Crippen molar-refractivity contribution in [1.29, 1.82) is 0 Å². The molecule has 1 unspecified atom stereocenters. The molecular formula is C7H7Cl2NO2S. The van der Waals surface area contributed by atoms with Crippen LogP contribution in [0.5, 0.6) is 0 Å². The van der Waals surface area contributed by atoms with E-state index in [0.717, 1.165) is 0 Å². The summed E-state index contributed by atoms with van der Waals surface area (Å²) in [5, 5.41) is 8.49. The molecule has 0 fully saturated rings. The van der Waals surface area contributed by atoms with E-state index in [2.05, 4.69) is 0 Å². The summed E-state index contributed by atoms with van der Waals surface area (Å²) in [6, 6.07) is 1.01. The van der Waals surface area contributed by atoms with Gasteiger partial charge in [0.15, 0.2) is 0 Å². The van der Waals surface area contributed by atoms with Gasteiger partial charge >= 0.3 is 5.97 Å². The molecule has 13 heavy (non-hydrogen) atoms. The smallest absolute Gasteiger partial charge is 0.305 e. The van der Waals surface area contributed by atoms with Gasteiger partial charge in [0.05, 0.1) is 15.1 Å². The van der Waals surface area contributed by atoms with E-state index in [-0.39, 0.29) is 6.42 Å². The van der Waals surface area contributed by atoms with Crippen LogP contribution in [0.3, 0.4) is 0 Å². The lowest BCUT2D eigenvalue weighted by molar-refractivity contribution is -0.137. The van der Waals surface area contributed by atoms with Crippen molar-refractivity contribution in [3.05, 3.63) is 20.3 Å². The predicted molar refractivity (Wildman–Crippen MR) is 53.5 cm³/mol. The van der Waals surface area contributed by atoms with E-state index in [9.17, 15) is 4.79 Å². The molecule has 0 spiro atoms. The van der Waals surface area contributed by atoms with Crippen LogP contribution in [0.15, 0.2) is 6.07 Å². The van der Waals surface area contributed by atoms with Crippen LogP contribution < -0.4 is 5.73 Å². The minimum Gasteiger partial charge on any atom is -0.481 e. The second-order valence-electron chi connectivity index (χ2n) is 2.48. The van der Waals surface area contributed by atoms with Crippen molar-refractivity contribution < 1.29 is 9.90 Å². The Kier molecular flexibility index (Phi) is 3.55. The number of nitrogens with two attached hydrogens (primary N) is 1. The van der Waals surface area contributed by atoms with Crippen molar-refractivity contribution >= 4 is 40.5 Å². The van der Waals surface area contributed by atoms with E-state index >= 15 is 0 Å². The molecule has 0 saturated heterocycles. The van der Waals surface area contributed by atoms with Crippen LogP contribution in [-0.2, 0) is 4.79 Å². The van der Waals surface area contributed by atoms with Gasteiger partial charge < -0.3 is 10.8 Å². The predicted octanol–water partition coefficient (Wildman–Crippen LogP) is 2.53. The van der Waals surface area contributed by atoms with Crippen molar-refractivity contribution in [2.45, 2.75) is 12.5 Å². The fourth-order valence-corrected chi connectivity index (χ4v) is 2.50. The van der Waals surface area contributed by atoms with Crippen LogP contribution in [0.4, 0.5) is 0 Å². The Morgan fingerprint density at radius 3 is 2.69 bits per heavy atom. The van der Waals surface area contributed by atoms with Gasteiger partial charge in [-0.1, -0.05) is 23.2 Å². The quantitative estimate of drug-likeness (QED) is 0.853. The zero-order valence-corrected chi connectivity index (χ0v) is 8.79. The summed E-state index contributed by atoms with van der Waals surface area (Å²) >= 11 is 12.6. The first kappa shape index (κ1) is 10.8.